The highest BCUT2D eigenvalue weighted by atomic mass is 16.5. The fraction of sp³-hybridized carbons (Fsp3) is 0.833. The molecule has 4 unspecified atom stereocenters. The minimum absolute atomic E-state index is 0.00305. The van der Waals surface area contributed by atoms with Crippen LogP contribution < -0.4 is 26.6 Å². The van der Waals surface area contributed by atoms with Crippen molar-refractivity contribution in [2.75, 3.05) is 46.5 Å². The summed E-state index contributed by atoms with van der Waals surface area (Å²) in [5, 5.41) is 22.0. The van der Waals surface area contributed by atoms with E-state index in [0.717, 1.165) is 24.2 Å². The summed E-state index contributed by atoms with van der Waals surface area (Å²) < 4.78 is 11.5. The number of likely N-dealkylation sites (N-methyl/N-ethyl adjacent to an activating group) is 1. The molecular weight excluding hydrogens is 748 g/mol. The molecule has 6 N–H and O–H groups in total. The quantitative estimate of drug-likeness (QED) is 0.0517. The number of hydrogen-bond donors (Lipinski definition) is 6. The molecule has 16 nitrogen and oxygen atoms in total. The van der Waals surface area contributed by atoms with Crippen LogP contribution in [0.1, 0.15) is 139 Å². The molecule has 0 aliphatic carbocycles. The van der Waals surface area contributed by atoms with Crippen LogP contribution in [-0.4, -0.2) is 122 Å². The molecule has 0 bridgehead atoms. The highest BCUT2D eigenvalue weighted by Crippen LogP contribution is 2.13. The molecule has 0 aromatic carbocycles. The van der Waals surface area contributed by atoms with Gasteiger partial charge in [-0.1, -0.05) is 113 Å². The van der Waals surface area contributed by atoms with Gasteiger partial charge in [-0.2, -0.15) is 0 Å². The molecule has 0 aromatic heterocycles. The Morgan fingerprint density at radius 3 is 1.62 bits per heavy atom. The lowest BCUT2D eigenvalue weighted by atomic mass is 10.0. The molecule has 0 saturated carbocycles. The van der Waals surface area contributed by atoms with E-state index in [9.17, 15) is 38.7 Å². The first-order valence-electron chi connectivity index (χ1n) is 21.5. The summed E-state index contributed by atoms with van der Waals surface area (Å²) in [5.41, 5.74) is 0. The molecule has 336 valence electrons. The fourth-order valence-corrected chi connectivity index (χ4v) is 5.98. The summed E-state index contributed by atoms with van der Waals surface area (Å²) in [4.78, 5) is 90.3. The summed E-state index contributed by atoms with van der Waals surface area (Å²) in [6.45, 7) is 14.3. The molecule has 0 aliphatic rings. The number of ether oxygens (including phenoxy) is 2. The second-order valence-corrected chi connectivity index (χ2v) is 16.5. The Morgan fingerprint density at radius 1 is 0.569 bits per heavy atom. The Balaban J connectivity index is 5.17. The molecule has 4 atom stereocenters. The predicted molar refractivity (Wildman–Crippen MR) is 224 cm³/mol. The number of carboxylic acids is 1. The van der Waals surface area contributed by atoms with Gasteiger partial charge in [-0.05, 0) is 37.5 Å². The summed E-state index contributed by atoms with van der Waals surface area (Å²) in [7, 11) is 1.36. The van der Waals surface area contributed by atoms with Crippen molar-refractivity contribution < 1.29 is 48.1 Å². The zero-order valence-corrected chi connectivity index (χ0v) is 37.0. The Hall–Kier alpha value is -3.79. The predicted octanol–water partition coefficient (Wildman–Crippen LogP) is 3.70. The smallest absolute Gasteiger partial charge is 0.326 e. The topological polar surface area (TPSA) is 222 Å². The number of carboxylic acid groups (broad SMARTS) is 1. The van der Waals surface area contributed by atoms with Crippen LogP contribution in [0.5, 0.6) is 0 Å². The van der Waals surface area contributed by atoms with Crippen molar-refractivity contribution in [2.24, 2.45) is 17.8 Å². The number of aliphatic carboxylic acids is 1. The maximum absolute atomic E-state index is 13.3. The third-order valence-electron chi connectivity index (χ3n) is 9.23. The van der Waals surface area contributed by atoms with Crippen LogP contribution in [-0.2, 0) is 43.0 Å². The van der Waals surface area contributed by atoms with Crippen LogP contribution in [0.2, 0.25) is 0 Å². The Kier molecular flexibility index (Phi) is 30.0. The summed E-state index contributed by atoms with van der Waals surface area (Å²) in [5.74, 6) is -4.51. The van der Waals surface area contributed by atoms with Crippen molar-refractivity contribution in [3.63, 3.8) is 0 Å². The summed E-state index contributed by atoms with van der Waals surface area (Å²) in [6, 6.07) is -3.35. The third-order valence-corrected chi connectivity index (χ3v) is 9.23. The zero-order valence-electron chi connectivity index (χ0n) is 37.0. The number of nitrogens with zero attached hydrogens (tertiary/aromatic N) is 1. The lowest BCUT2D eigenvalue weighted by Gasteiger charge is -2.32. The Morgan fingerprint density at radius 2 is 1.09 bits per heavy atom. The standard InChI is InChI=1S/C42H78N6O10/c1-10-11-12-13-14-15-16-17-18-19-20-21-35(49)47-34(28-57-26-30(4)5)40(53)44-23-36(50)43-25-38(52)48(9)39(32(8)58-27-31(6)7)41(54)45-24-37(51)46-33(42(55)56)22-29(2)3/h29-34,39H,10-28H2,1-9H3,(H,43,50)(H,44,53)(H,45,54)(H,46,51)(H,47,49)(H,55,56). The van der Waals surface area contributed by atoms with Crippen LogP contribution >= 0.6 is 0 Å². The summed E-state index contributed by atoms with van der Waals surface area (Å²) >= 11 is 0. The molecule has 6 amide bonds. The minimum Gasteiger partial charge on any atom is -0.480 e. The van der Waals surface area contributed by atoms with E-state index in [2.05, 4.69) is 33.5 Å². The van der Waals surface area contributed by atoms with Gasteiger partial charge in [0, 0.05) is 26.7 Å². The summed E-state index contributed by atoms with van der Waals surface area (Å²) in [6.07, 6.45) is 12.4. The molecular formula is C42H78N6O10. The molecule has 0 heterocycles. The van der Waals surface area contributed by atoms with Crippen LogP contribution in [0.25, 0.3) is 0 Å². The number of nitrogens with one attached hydrogen (secondary N) is 5. The van der Waals surface area contributed by atoms with Gasteiger partial charge in [0.15, 0.2) is 0 Å². The van der Waals surface area contributed by atoms with Gasteiger partial charge in [-0.15, -0.1) is 0 Å². The van der Waals surface area contributed by atoms with Crippen LogP contribution in [0.4, 0.5) is 0 Å². The van der Waals surface area contributed by atoms with E-state index in [0.29, 0.717) is 13.0 Å². The average molecular weight is 827 g/mol. The van der Waals surface area contributed by atoms with Gasteiger partial charge < -0.3 is 46.1 Å². The number of rotatable bonds is 34. The first kappa shape index (κ1) is 54.2. The largest absolute Gasteiger partial charge is 0.480 e. The number of hydrogen-bond acceptors (Lipinski definition) is 9. The van der Waals surface area contributed by atoms with E-state index < -0.39 is 79.4 Å². The number of carbonyl (C=O) groups excluding carboxylic acids is 6. The lowest BCUT2D eigenvalue weighted by molar-refractivity contribution is -0.145. The van der Waals surface area contributed by atoms with E-state index in [1.165, 1.54) is 52.0 Å². The van der Waals surface area contributed by atoms with E-state index in [-0.39, 0.29) is 49.7 Å². The monoisotopic (exact) mass is 827 g/mol. The third kappa shape index (κ3) is 27.0. The highest BCUT2D eigenvalue weighted by molar-refractivity contribution is 5.94. The first-order valence-corrected chi connectivity index (χ1v) is 21.5. The minimum atomic E-state index is -1.21. The maximum Gasteiger partial charge on any atom is 0.326 e. The number of unbranched alkanes of at least 4 members (excludes halogenated alkanes) is 10. The molecule has 58 heavy (non-hydrogen) atoms. The lowest BCUT2D eigenvalue weighted by Crippen LogP contribution is -2.57. The van der Waals surface area contributed by atoms with Crippen molar-refractivity contribution in [3.05, 3.63) is 0 Å². The van der Waals surface area contributed by atoms with Crippen LogP contribution in [0.15, 0.2) is 0 Å². The van der Waals surface area contributed by atoms with Crippen LogP contribution in [0, 0.1) is 17.8 Å². The SMILES string of the molecule is CCCCCCCCCCCCCC(=O)NC(COCC(C)C)C(=O)NCC(=O)NCC(=O)N(C)C(C(=O)NCC(=O)NC(CC(C)C)C(=O)O)C(C)OCC(C)C. The normalized spacial score (nSPS) is 13.4. The Labute approximate surface area is 347 Å². The van der Waals surface area contributed by atoms with Gasteiger partial charge in [0.1, 0.15) is 18.1 Å². The maximum atomic E-state index is 13.3. The molecule has 0 fully saturated rings. The molecule has 0 rings (SSSR count). The van der Waals surface area contributed by atoms with Gasteiger partial charge in [-0.25, -0.2) is 4.79 Å². The van der Waals surface area contributed by atoms with Gasteiger partial charge >= 0.3 is 5.97 Å². The number of carbonyl (C=O) groups is 7. The van der Waals surface area contributed by atoms with Gasteiger partial charge in [-0.3, -0.25) is 28.8 Å². The average Bonchev–Trinajstić information content (AvgIpc) is 3.15. The van der Waals surface area contributed by atoms with Crippen LogP contribution in [0.3, 0.4) is 0 Å². The van der Waals surface area contributed by atoms with Crippen molar-refractivity contribution in [1.82, 2.24) is 31.5 Å². The molecule has 0 spiro atoms. The highest BCUT2D eigenvalue weighted by Gasteiger charge is 2.33. The van der Waals surface area contributed by atoms with Gasteiger partial charge in [0.05, 0.1) is 32.3 Å². The Bertz CT molecular complexity index is 1230. The van der Waals surface area contributed by atoms with Gasteiger partial charge in [0.2, 0.25) is 35.4 Å². The molecule has 0 aromatic rings. The fourth-order valence-electron chi connectivity index (χ4n) is 5.98. The van der Waals surface area contributed by atoms with E-state index in [1.54, 1.807) is 6.92 Å². The molecule has 0 saturated heterocycles. The van der Waals surface area contributed by atoms with Crippen molar-refractivity contribution in [1.29, 1.82) is 0 Å². The molecule has 0 radical (unpaired) electrons. The number of amides is 6. The first-order chi connectivity index (χ1) is 27.4. The molecule has 0 aliphatic heterocycles. The van der Waals surface area contributed by atoms with Gasteiger partial charge in [0.25, 0.3) is 0 Å². The van der Waals surface area contributed by atoms with E-state index >= 15 is 0 Å². The van der Waals surface area contributed by atoms with Crippen molar-refractivity contribution >= 4 is 41.4 Å². The zero-order chi connectivity index (χ0) is 44.0. The second kappa shape index (κ2) is 32.1. The van der Waals surface area contributed by atoms with Crippen molar-refractivity contribution in [3.8, 4) is 0 Å². The van der Waals surface area contributed by atoms with E-state index in [1.807, 2.05) is 41.5 Å². The second-order valence-electron chi connectivity index (χ2n) is 16.5. The van der Waals surface area contributed by atoms with Crippen molar-refractivity contribution in [2.45, 2.75) is 163 Å². The van der Waals surface area contributed by atoms with E-state index in [4.69, 9.17) is 9.47 Å². The molecule has 16 heteroatoms.